The number of nitrogens with two attached hydrogens (primary N) is 1. The highest BCUT2D eigenvalue weighted by Gasteiger charge is 2.03. The molecule has 4 N–H and O–H groups in total. The highest BCUT2D eigenvalue weighted by Crippen LogP contribution is 2.24. The maximum absolute atomic E-state index is 5.82. The van der Waals surface area contributed by atoms with Gasteiger partial charge < -0.3 is 5.73 Å². The van der Waals surface area contributed by atoms with Crippen LogP contribution in [0.4, 0.5) is 11.1 Å². The average Bonchev–Trinajstić information content (AvgIpc) is 2.87. The van der Waals surface area contributed by atoms with Gasteiger partial charge in [-0.1, -0.05) is 23.5 Å². The van der Waals surface area contributed by atoms with Crippen molar-refractivity contribution in [3.63, 3.8) is 0 Å². The van der Waals surface area contributed by atoms with Crippen LogP contribution in [0.15, 0.2) is 35.3 Å². The molecule has 0 bridgehead atoms. The Bertz CT molecular complexity index is 787. The zero-order valence-corrected chi connectivity index (χ0v) is 13.0. The van der Waals surface area contributed by atoms with E-state index in [-0.39, 0.29) is 5.96 Å². The van der Waals surface area contributed by atoms with Crippen molar-refractivity contribution < 1.29 is 0 Å². The Balaban J connectivity index is 1.71. The lowest BCUT2D eigenvalue weighted by molar-refractivity contribution is 1.02. The van der Waals surface area contributed by atoms with Gasteiger partial charge >= 0.3 is 0 Å². The predicted molar refractivity (Wildman–Crippen MR) is 89.2 cm³/mol. The van der Waals surface area contributed by atoms with Crippen LogP contribution in [-0.4, -0.2) is 20.9 Å². The Kier molecular flexibility index (Phi) is 3.84. The van der Waals surface area contributed by atoms with E-state index in [1.54, 1.807) is 0 Å². The lowest BCUT2D eigenvalue weighted by atomic mass is 10.3. The van der Waals surface area contributed by atoms with Crippen LogP contribution in [0.3, 0.4) is 0 Å². The van der Waals surface area contributed by atoms with E-state index in [2.05, 4.69) is 30.8 Å². The molecule has 22 heavy (non-hydrogen) atoms. The van der Waals surface area contributed by atoms with Crippen molar-refractivity contribution in [1.29, 1.82) is 0 Å². The molecule has 0 aliphatic heterocycles. The van der Waals surface area contributed by atoms with Gasteiger partial charge in [-0.3, -0.25) is 10.9 Å². The molecule has 0 spiro atoms. The summed E-state index contributed by atoms with van der Waals surface area (Å²) in [5, 5.41) is 0.709. The van der Waals surface area contributed by atoms with Gasteiger partial charge in [0, 0.05) is 11.4 Å². The molecule has 0 fully saturated rings. The zero-order chi connectivity index (χ0) is 15.5. The van der Waals surface area contributed by atoms with Crippen LogP contribution < -0.4 is 16.6 Å². The zero-order valence-electron chi connectivity index (χ0n) is 12.2. The third-order valence-corrected chi connectivity index (χ3v) is 3.73. The van der Waals surface area contributed by atoms with E-state index in [0.29, 0.717) is 11.1 Å². The monoisotopic (exact) mass is 313 g/mol. The number of fused-ring (bicyclic) bond motifs is 1. The van der Waals surface area contributed by atoms with Crippen molar-refractivity contribution in [1.82, 2.24) is 20.4 Å². The standard InChI is InChI=1S/C14H15N7S/c1-8-7-9(2)17-13(16-8)19-12(15)20-21-14-18-10-5-3-4-6-11(10)22-14/h3-7H,1-2H3,(H,18,21)(H3,15,16,17,19,20). The van der Waals surface area contributed by atoms with E-state index in [1.807, 2.05) is 44.2 Å². The average molecular weight is 313 g/mol. The van der Waals surface area contributed by atoms with Crippen LogP contribution in [0.1, 0.15) is 11.4 Å². The molecule has 0 amide bonds. The summed E-state index contributed by atoms with van der Waals surface area (Å²) in [6, 6.07) is 9.77. The Morgan fingerprint density at radius 2 is 1.86 bits per heavy atom. The second-order valence-electron chi connectivity index (χ2n) is 4.68. The third kappa shape index (κ3) is 3.29. The maximum Gasteiger partial charge on any atom is 0.253 e. The molecule has 0 aliphatic rings. The molecule has 0 saturated carbocycles. The molecular formula is C14H15N7S. The number of para-hydroxylation sites is 1. The number of benzene rings is 1. The molecule has 0 unspecified atom stereocenters. The van der Waals surface area contributed by atoms with Crippen molar-refractivity contribution in [2.75, 3.05) is 5.43 Å². The SMILES string of the molecule is Cc1cc(C)nc(/N=C(\N)NNc2nc3ccccc3s2)n1. The number of anilines is 1. The Morgan fingerprint density at radius 1 is 1.14 bits per heavy atom. The Hall–Kier alpha value is -2.74. The van der Waals surface area contributed by atoms with Crippen LogP contribution in [0.2, 0.25) is 0 Å². The minimum absolute atomic E-state index is 0.171. The smallest absolute Gasteiger partial charge is 0.253 e. The summed E-state index contributed by atoms with van der Waals surface area (Å²) in [5.41, 5.74) is 14.2. The van der Waals surface area contributed by atoms with Crippen molar-refractivity contribution in [2.45, 2.75) is 13.8 Å². The first-order chi connectivity index (χ1) is 10.6. The van der Waals surface area contributed by atoms with Gasteiger partial charge in [0.05, 0.1) is 10.2 Å². The van der Waals surface area contributed by atoms with Gasteiger partial charge in [0.15, 0.2) is 0 Å². The number of aliphatic imine (C=N–C) groups is 1. The van der Waals surface area contributed by atoms with Crippen molar-refractivity contribution in [3.8, 4) is 0 Å². The quantitative estimate of drug-likeness (QED) is 0.389. The van der Waals surface area contributed by atoms with Crippen molar-refractivity contribution in [3.05, 3.63) is 41.7 Å². The number of thiazole rings is 1. The summed E-state index contributed by atoms with van der Waals surface area (Å²) >= 11 is 1.52. The lowest BCUT2D eigenvalue weighted by Crippen LogP contribution is -2.35. The van der Waals surface area contributed by atoms with Gasteiger partial charge in [-0.25, -0.2) is 15.0 Å². The van der Waals surface area contributed by atoms with Gasteiger partial charge in [-0.15, -0.1) is 0 Å². The number of guanidine groups is 1. The molecule has 0 radical (unpaired) electrons. The topological polar surface area (TPSA) is 101 Å². The first kappa shape index (κ1) is 14.2. The summed E-state index contributed by atoms with van der Waals surface area (Å²) in [6.07, 6.45) is 0. The third-order valence-electron chi connectivity index (χ3n) is 2.78. The first-order valence-electron chi connectivity index (χ1n) is 6.64. The molecular weight excluding hydrogens is 298 g/mol. The van der Waals surface area contributed by atoms with Gasteiger partial charge in [0.1, 0.15) is 0 Å². The second-order valence-corrected chi connectivity index (χ2v) is 5.72. The second kappa shape index (κ2) is 5.94. The minimum atomic E-state index is 0.171. The van der Waals surface area contributed by atoms with Crippen molar-refractivity contribution in [2.24, 2.45) is 10.7 Å². The number of aromatic nitrogens is 3. The number of nitrogens with zero attached hydrogens (tertiary/aromatic N) is 4. The van der Waals surface area contributed by atoms with Crippen LogP contribution >= 0.6 is 11.3 Å². The van der Waals surface area contributed by atoms with Gasteiger partial charge in [-0.05, 0) is 32.0 Å². The molecule has 8 heteroatoms. The van der Waals surface area contributed by atoms with Crippen molar-refractivity contribution >= 4 is 38.6 Å². The summed E-state index contributed by atoms with van der Waals surface area (Å²) in [5.74, 6) is 0.498. The van der Waals surface area contributed by atoms with Crippen LogP contribution in [0, 0.1) is 13.8 Å². The fourth-order valence-electron chi connectivity index (χ4n) is 1.94. The van der Waals surface area contributed by atoms with E-state index in [0.717, 1.165) is 21.6 Å². The molecule has 112 valence electrons. The number of aryl methyl sites for hydroxylation is 2. The van der Waals surface area contributed by atoms with E-state index in [9.17, 15) is 0 Å². The molecule has 0 saturated heterocycles. The minimum Gasteiger partial charge on any atom is -0.368 e. The van der Waals surface area contributed by atoms with E-state index < -0.39 is 0 Å². The van der Waals surface area contributed by atoms with Gasteiger partial charge in [-0.2, -0.15) is 4.99 Å². The number of nitrogens with one attached hydrogen (secondary N) is 2. The molecule has 7 nitrogen and oxygen atoms in total. The molecule has 3 rings (SSSR count). The highest BCUT2D eigenvalue weighted by molar-refractivity contribution is 7.22. The summed E-state index contributed by atoms with van der Waals surface area (Å²) in [7, 11) is 0. The van der Waals surface area contributed by atoms with E-state index in [1.165, 1.54) is 11.3 Å². The predicted octanol–water partition coefficient (Wildman–Crippen LogP) is 2.27. The molecule has 2 heterocycles. The van der Waals surface area contributed by atoms with Gasteiger partial charge in [0.25, 0.3) is 5.95 Å². The summed E-state index contributed by atoms with van der Waals surface area (Å²) < 4.78 is 1.10. The van der Waals surface area contributed by atoms with Crippen LogP contribution in [-0.2, 0) is 0 Å². The maximum atomic E-state index is 5.82. The lowest BCUT2D eigenvalue weighted by Gasteiger charge is -2.05. The molecule has 2 aromatic heterocycles. The fraction of sp³-hybridized carbons (Fsp3) is 0.143. The number of hydrogen-bond donors (Lipinski definition) is 3. The van der Waals surface area contributed by atoms with Gasteiger partial charge in [0.2, 0.25) is 11.1 Å². The largest absolute Gasteiger partial charge is 0.368 e. The summed E-state index contributed by atoms with van der Waals surface area (Å²) in [4.78, 5) is 17.0. The Morgan fingerprint density at radius 3 is 2.59 bits per heavy atom. The number of hydrogen-bond acceptors (Lipinski definition) is 6. The molecule has 1 aromatic carbocycles. The molecule has 0 aliphatic carbocycles. The molecule has 0 atom stereocenters. The Labute approximate surface area is 131 Å². The summed E-state index contributed by atoms with van der Waals surface area (Å²) in [6.45, 7) is 3.77. The number of hydrazine groups is 1. The highest BCUT2D eigenvalue weighted by atomic mass is 32.1. The first-order valence-corrected chi connectivity index (χ1v) is 7.46. The van der Waals surface area contributed by atoms with E-state index in [4.69, 9.17) is 5.73 Å². The van der Waals surface area contributed by atoms with Crippen LogP contribution in [0.5, 0.6) is 0 Å². The molecule has 3 aromatic rings. The fourth-order valence-corrected chi connectivity index (χ4v) is 2.76. The normalized spacial score (nSPS) is 11.6. The number of rotatable bonds is 3. The van der Waals surface area contributed by atoms with Crippen LogP contribution in [0.25, 0.3) is 10.2 Å². The van der Waals surface area contributed by atoms with E-state index >= 15 is 0 Å².